The first-order valence-corrected chi connectivity index (χ1v) is 7.12. The molecule has 1 saturated heterocycles. The zero-order valence-electron chi connectivity index (χ0n) is 12.7. The lowest BCUT2D eigenvalue weighted by molar-refractivity contribution is -0.908. The highest BCUT2D eigenvalue weighted by atomic mass is 35.5. The number of esters is 1. The third kappa shape index (κ3) is 6.51. The van der Waals surface area contributed by atoms with E-state index >= 15 is 0 Å². The fourth-order valence-corrected chi connectivity index (χ4v) is 2.08. The van der Waals surface area contributed by atoms with Crippen molar-refractivity contribution in [1.29, 1.82) is 0 Å². The van der Waals surface area contributed by atoms with Crippen molar-refractivity contribution in [3.8, 4) is 11.5 Å². The van der Waals surface area contributed by atoms with Gasteiger partial charge in [0.2, 0.25) is 0 Å². The zero-order valence-corrected chi connectivity index (χ0v) is 13.4. The lowest BCUT2D eigenvalue weighted by atomic mass is 10.3. The largest absolute Gasteiger partial charge is 1.00 e. The summed E-state index contributed by atoms with van der Waals surface area (Å²) < 4.78 is 20.8. The van der Waals surface area contributed by atoms with E-state index in [1.807, 2.05) is 0 Å². The maximum absolute atomic E-state index is 11.6. The van der Waals surface area contributed by atoms with E-state index in [1.54, 1.807) is 31.4 Å². The minimum atomic E-state index is -0.349. The number of carbonyl (C=O) groups is 1. The van der Waals surface area contributed by atoms with Gasteiger partial charge in [-0.3, -0.25) is 0 Å². The molecule has 0 amide bonds. The topological polar surface area (TPSA) is 58.4 Å². The first kappa shape index (κ1) is 18.5. The number of hydrogen-bond donors (Lipinski definition) is 1. The normalized spacial score (nSPS) is 14.8. The Morgan fingerprint density at radius 1 is 1.18 bits per heavy atom. The molecule has 0 aromatic heterocycles. The molecular formula is C15H22ClNO5. The number of hydrogen-bond acceptors (Lipinski definition) is 5. The van der Waals surface area contributed by atoms with Gasteiger partial charge >= 0.3 is 5.97 Å². The van der Waals surface area contributed by atoms with Crippen LogP contribution in [-0.4, -0.2) is 59.1 Å². The van der Waals surface area contributed by atoms with Gasteiger partial charge in [0, 0.05) is 0 Å². The number of methoxy groups -OCH3 is 1. The number of ether oxygens (including phenoxy) is 4. The molecule has 1 aliphatic heterocycles. The summed E-state index contributed by atoms with van der Waals surface area (Å²) in [7, 11) is 1.60. The van der Waals surface area contributed by atoms with Gasteiger partial charge in [0.1, 0.15) is 37.7 Å². The van der Waals surface area contributed by atoms with Crippen molar-refractivity contribution in [3.05, 3.63) is 24.3 Å². The van der Waals surface area contributed by atoms with Gasteiger partial charge in [-0.05, 0) is 24.3 Å². The molecule has 0 atom stereocenters. The summed E-state index contributed by atoms with van der Waals surface area (Å²) >= 11 is 0. The summed E-state index contributed by atoms with van der Waals surface area (Å²) in [4.78, 5) is 13.0. The molecule has 1 heterocycles. The first-order valence-electron chi connectivity index (χ1n) is 7.12. The van der Waals surface area contributed by atoms with Crippen molar-refractivity contribution in [2.45, 2.75) is 0 Å². The van der Waals surface area contributed by atoms with Gasteiger partial charge in [-0.15, -0.1) is 0 Å². The number of halogens is 1. The molecule has 1 fully saturated rings. The fourth-order valence-electron chi connectivity index (χ4n) is 2.08. The van der Waals surface area contributed by atoms with Gasteiger partial charge in [-0.1, -0.05) is 0 Å². The number of nitrogens with one attached hydrogen (secondary N) is 1. The van der Waals surface area contributed by atoms with E-state index in [-0.39, 0.29) is 25.0 Å². The molecule has 1 aromatic carbocycles. The van der Waals surface area contributed by atoms with Gasteiger partial charge in [0.25, 0.3) is 0 Å². The van der Waals surface area contributed by atoms with Crippen molar-refractivity contribution in [1.82, 2.24) is 0 Å². The van der Waals surface area contributed by atoms with Crippen LogP contribution in [0.15, 0.2) is 24.3 Å². The Labute approximate surface area is 136 Å². The number of rotatable bonds is 7. The molecule has 1 N–H and O–H groups in total. The van der Waals surface area contributed by atoms with E-state index in [4.69, 9.17) is 18.9 Å². The maximum atomic E-state index is 11.6. The zero-order chi connectivity index (χ0) is 14.9. The molecule has 0 radical (unpaired) electrons. The molecule has 0 unspecified atom stereocenters. The van der Waals surface area contributed by atoms with Gasteiger partial charge in [-0.25, -0.2) is 4.79 Å². The van der Waals surface area contributed by atoms with Gasteiger partial charge in [0.05, 0.1) is 20.3 Å². The minimum absolute atomic E-state index is 0. The van der Waals surface area contributed by atoms with Crippen LogP contribution in [0.2, 0.25) is 0 Å². The Morgan fingerprint density at radius 3 is 2.45 bits per heavy atom. The Kier molecular flexibility index (Phi) is 8.65. The predicted molar refractivity (Wildman–Crippen MR) is 75.8 cm³/mol. The Balaban J connectivity index is 0.00000242. The third-order valence-corrected chi connectivity index (χ3v) is 3.33. The molecule has 0 saturated carbocycles. The first-order chi connectivity index (χ1) is 10.3. The quantitative estimate of drug-likeness (QED) is 0.526. The summed E-state index contributed by atoms with van der Waals surface area (Å²) in [6.45, 7) is 4.66. The van der Waals surface area contributed by atoms with Crippen LogP contribution >= 0.6 is 0 Å². The van der Waals surface area contributed by atoms with E-state index in [2.05, 4.69) is 0 Å². The highest BCUT2D eigenvalue weighted by Gasteiger charge is 2.14. The number of carbonyl (C=O) groups excluding carboxylic acids is 1. The molecule has 22 heavy (non-hydrogen) atoms. The van der Waals surface area contributed by atoms with Crippen molar-refractivity contribution in [2.75, 3.05) is 53.2 Å². The lowest BCUT2D eigenvalue weighted by Crippen LogP contribution is -3.14. The average Bonchev–Trinajstić information content (AvgIpc) is 2.54. The second kappa shape index (κ2) is 10.3. The Bertz CT molecular complexity index is 434. The van der Waals surface area contributed by atoms with Gasteiger partial charge in [-0.2, -0.15) is 0 Å². The molecule has 1 aromatic rings. The molecule has 6 nitrogen and oxygen atoms in total. The van der Waals surface area contributed by atoms with Crippen molar-refractivity contribution in [2.24, 2.45) is 0 Å². The summed E-state index contributed by atoms with van der Waals surface area (Å²) in [6, 6.07) is 7.07. The van der Waals surface area contributed by atoms with E-state index < -0.39 is 0 Å². The predicted octanol–water partition coefficient (Wildman–Crippen LogP) is -3.46. The number of benzene rings is 1. The third-order valence-electron chi connectivity index (χ3n) is 3.33. The molecule has 0 spiro atoms. The number of quaternary nitrogens is 1. The summed E-state index contributed by atoms with van der Waals surface area (Å²) in [6.07, 6.45) is 0. The van der Waals surface area contributed by atoms with Crippen molar-refractivity contribution >= 4 is 5.97 Å². The molecule has 2 rings (SSSR count). The Morgan fingerprint density at radius 2 is 1.82 bits per heavy atom. The SMILES string of the molecule is COc1ccc(OCC(=O)OCC[NH+]2CCOCC2)cc1.[Cl-]. The van der Waals surface area contributed by atoms with Crippen molar-refractivity contribution < 1.29 is 41.0 Å². The number of morpholine rings is 1. The highest BCUT2D eigenvalue weighted by molar-refractivity contribution is 5.71. The van der Waals surface area contributed by atoms with E-state index in [0.29, 0.717) is 12.4 Å². The average molecular weight is 332 g/mol. The van der Waals surface area contributed by atoms with Gasteiger partial charge < -0.3 is 36.3 Å². The van der Waals surface area contributed by atoms with Crippen LogP contribution in [0.25, 0.3) is 0 Å². The van der Waals surface area contributed by atoms with E-state index in [1.165, 1.54) is 4.90 Å². The lowest BCUT2D eigenvalue weighted by Gasteiger charge is -2.23. The van der Waals surface area contributed by atoms with E-state index in [0.717, 1.165) is 38.6 Å². The maximum Gasteiger partial charge on any atom is 0.344 e. The summed E-state index contributed by atoms with van der Waals surface area (Å²) in [5, 5.41) is 0. The van der Waals surface area contributed by atoms with Gasteiger partial charge in [0.15, 0.2) is 6.61 Å². The van der Waals surface area contributed by atoms with Crippen LogP contribution in [0.3, 0.4) is 0 Å². The summed E-state index contributed by atoms with van der Waals surface area (Å²) in [5.74, 6) is 1.02. The molecule has 1 aliphatic rings. The van der Waals surface area contributed by atoms with Crippen LogP contribution in [-0.2, 0) is 14.3 Å². The molecule has 124 valence electrons. The second-order valence-corrected chi connectivity index (χ2v) is 4.80. The molecule has 7 heteroatoms. The van der Waals surface area contributed by atoms with E-state index in [9.17, 15) is 4.79 Å². The summed E-state index contributed by atoms with van der Waals surface area (Å²) in [5.41, 5.74) is 0. The monoisotopic (exact) mass is 331 g/mol. The van der Waals surface area contributed by atoms with Crippen LogP contribution in [0.5, 0.6) is 11.5 Å². The van der Waals surface area contributed by atoms with Crippen LogP contribution in [0.4, 0.5) is 0 Å². The highest BCUT2D eigenvalue weighted by Crippen LogP contribution is 2.16. The smallest absolute Gasteiger partial charge is 0.344 e. The Hall–Kier alpha value is -1.50. The second-order valence-electron chi connectivity index (χ2n) is 4.80. The fraction of sp³-hybridized carbons (Fsp3) is 0.533. The van der Waals surface area contributed by atoms with Crippen LogP contribution < -0.4 is 26.8 Å². The van der Waals surface area contributed by atoms with Crippen LogP contribution in [0.1, 0.15) is 0 Å². The minimum Gasteiger partial charge on any atom is -1.00 e. The molecule has 0 aliphatic carbocycles. The van der Waals surface area contributed by atoms with Crippen LogP contribution in [0, 0.1) is 0 Å². The molecular weight excluding hydrogens is 310 g/mol. The molecule has 0 bridgehead atoms. The standard InChI is InChI=1S/C15H21NO5.ClH/c1-18-13-2-4-14(5-3-13)21-12-15(17)20-11-8-16-6-9-19-10-7-16;/h2-5H,6-12H2,1H3;1H. The van der Waals surface area contributed by atoms with Crippen molar-refractivity contribution in [3.63, 3.8) is 0 Å².